The van der Waals surface area contributed by atoms with E-state index >= 15 is 0 Å². The number of nitrogens with two attached hydrogens (primary N) is 1. The maximum absolute atomic E-state index is 12.7. The predicted octanol–water partition coefficient (Wildman–Crippen LogP) is 2.96. The zero-order chi connectivity index (χ0) is 15.2. The van der Waals surface area contributed by atoms with Crippen molar-refractivity contribution in [2.24, 2.45) is 11.7 Å². The summed E-state index contributed by atoms with van der Waals surface area (Å²) in [4.78, 5) is 14.6. The first-order valence-corrected chi connectivity index (χ1v) is 7.88. The molecule has 1 aromatic carbocycles. The summed E-state index contributed by atoms with van der Waals surface area (Å²) in [6, 6.07) is 8.00. The number of carbonyl (C=O) groups excluding carboxylic acids is 1. The predicted molar refractivity (Wildman–Crippen MR) is 85.6 cm³/mol. The molecule has 1 aromatic rings. The lowest BCUT2D eigenvalue weighted by molar-refractivity contribution is -0.122. The molecule has 1 heterocycles. The second-order valence-corrected chi connectivity index (χ2v) is 5.97. The Balaban J connectivity index is 2.04. The van der Waals surface area contributed by atoms with Crippen molar-refractivity contribution in [3.05, 3.63) is 24.3 Å². The summed E-state index contributed by atoms with van der Waals surface area (Å²) in [7, 11) is 0. The number of rotatable bonds is 5. The van der Waals surface area contributed by atoms with Gasteiger partial charge in [0.1, 0.15) is 5.75 Å². The molecule has 0 aliphatic carbocycles. The second-order valence-electron chi connectivity index (χ2n) is 5.97. The fourth-order valence-electron chi connectivity index (χ4n) is 2.69. The maximum Gasteiger partial charge on any atom is 0.229 e. The quantitative estimate of drug-likeness (QED) is 0.907. The number of hydrogen-bond donors (Lipinski definition) is 1. The highest BCUT2D eigenvalue weighted by Gasteiger charge is 2.25. The van der Waals surface area contributed by atoms with Gasteiger partial charge in [0.05, 0.1) is 12.3 Å². The molecule has 4 heteroatoms. The van der Waals surface area contributed by atoms with Crippen LogP contribution in [-0.2, 0) is 4.79 Å². The highest BCUT2D eigenvalue weighted by molar-refractivity contribution is 5.96. The molecule has 0 fully saturated rings. The topological polar surface area (TPSA) is 55.6 Å². The summed E-state index contributed by atoms with van der Waals surface area (Å²) in [6.07, 6.45) is 3.72. The van der Waals surface area contributed by atoms with Crippen molar-refractivity contribution in [2.45, 2.75) is 45.6 Å². The van der Waals surface area contributed by atoms with Gasteiger partial charge in [-0.3, -0.25) is 4.79 Å². The van der Waals surface area contributed by atoms with Gasteiger partial charge >= 0.3 is 0 Å². The van der Waals surface area contributed by atoms with E-state index in [1.165, 1.54) is 0 Å². The molecule has 2 rings (SSSR count). The van der Waals surface area contributed by atoms with Crippen molar-refractivity contribution < 1.29 is 9.53 Å². The van der Waals surface area contributed by atoms with E-state index < -0.39 is 0 Å². The van der Waals surface area contributed by atoms with Crippen LogP contribution in [0.2, 0.25) is 0 Å². The van der Waals surface area contributed by atoms with Crippen molar-refractivity contribution in [3.8, 4) is 5.75 Å². The highest BCUT2D eigenvalue weighted by atomic mass is 16.5. The Labute approximate surface area is 127 Å². The van der Waals surface area contributed by atoms with Gasteiger partial charge in [-0.1, -0.05) is 25.5 Å². The first-order chi connectivity index (χ1) is 10.1. The molecule has 0 spiro atoms. The van der Waals surface area contributed by atoms with Gasteiger partial charge in [0.15, 0.2) is 0 Å². The summed E-state index contributed by atoms with van der Waals surface area (Å²) >= 11 is 0. The Morgan fingerprint density at radius 2 is 2.10 bits per heavy atom. The van der Waals surface area contributed by atoms with Crippen molar-refractivity contribution >= 4 is 11.6 Å². The van der Waals surface area contributed by atoms with Crippen LogP contribution in [-0.4, -0.2) is 25.1 Å². The number of carbonyl (C=O) groups is 1. The van der Waals surface area contributed by atoms with E-state index in [9.17, 15) is 4.79 Å². The molecule has 21 heavy (non-hydrogen) atoms. The number of amides is 1. The highest BCUT2D eigenvalue weighted by Crippen LogP contribution is 2.31. The molecule has 116 valence electrons. The molecule has 2 unspecified atom stereocenters. The monoisotopic (exact) mass is 290 g/mol. The van der Waals surface area contributed by atoms with Crippen LogP contribution < -0.4 is 15.4 Å². The van der Waals surface area contributed by atoms with Gasteiger partial charge in [-0.25, -0.2) is 0 Å². The minimum atomic E-state index is 0.0231. The molecule has 2 N–H and O–H groups in total. The number of hydrogen-bond acceptors (Lipinski definition) is 3. The molecular weight excluding hydrogens is 264 g/mol. The molecule has 1 amide bonds. The summed E-state index contributed by atoms with van der Waals surface area (Å²) in [5.41, 5.74) is 6.67. The molecule has 2 atom stereocenters. The van der Waals surface area contributed by atoms with Gasteiger partial charge in [-0.2, -0.15) is 0 Å². The minimum Gasteiger partial charge on any atom is -0.491 e. The summed E-state index contributed by atoms with van der Waals surface area (Å²) in [6.45, 7) is 5.42. The summed E-state index contributed by atoms with van der Waals surface area (Å²) < 4.78 is 5.71. The van der Waals surface area contributed by atoms with E-state index in [2.05, 4.69) is 0 Å². The van der Waals surface area contributed by atoms with Crippen LogP contribution in [0, 0.1) is 5.92 Å². The van der Waals surface area contributed by atoms with Gasteiger partial charge in [-0.15, -0.1) is 0 Å². The van der Waals surface area contributed by atoms with Gasteiger partial charge in [0, 0.05) is 18.5 Å². The van der Waals surface area contributed by atoms with Crippen LogP contribution in [0.25, 0.3) is 0 Å². The molecule has 0 saturated heterocycles. The number of fused-ring (bicyclic) bond motifs is 1. The van der Waals surface area contributed by atoms with E-state index in [0.29, 0.717) is 6.61 Å². The van der Waals surface area contributed by atoms with Crippen molar-refractivity contribution in [3.63, 3.8) is 0 Å². The molecule has 0 saturated carbocycles. The Hall–Kier alpha value is -1.55. The number of benzene rings is 1. The standard InChI is InChI=1S/C17H26N2O2/c1-13(7-5-8-14(2)18)17(20)19-11-6-12-21-16-10-4-3-9-15(16)19/h3-4,9-10,13-14H,5-8,11-12,18H2,1-2H3. The van der Waals surface area contributed by atoms with Crippen molar-refractivity contribution in [2.75, 3.05) is 18.1 Å². The Morgan fingerprint density at radius 3 is 2.86 bits per heavy atom. The lowest BCUT2D eigenvalue weighted by Crippen LogP contribution is -2.35. The smallest absolute Gasteiger partial charge is 0.229 e. The zero-order valence-electron chi connectivity index (χ0n) is 13.0. The Bertz CT molecular complexity index is 474. The van der Waals surface area contributed by atoms with E-state index in [-0.39, 0.29) is 17.9 Å². The van der Waals surface area contributed by atoms with Gasteiger partial charge in [0.25, 0.3) is 0 Å². The van der Waals surface area contributed by atoms with Crippen LogP contribution in [0.5, 0.6) is 5.75 Å². The number of anilines is 1. The molecule has 0 bridgehead atoms. The lowest BCUT2D eigenvalue weighted by Gasteiger charge is -2.25. The lowest BCUT2D eigenvalue weighted by atomic mass is 10.0. The Kier molecular flexibility index (Phi) is 5.62. The third-order valence-corrected chi connectivity index (χ3v) is 3.92. The van der Waals surface area contributed by atoms with Crippen LogP contribution in [0.4, 0.5) is 5.69 Å². The molecule has 0 radical (unpaired) electrons. The van der Waals surface area contributed by atoms with Crippen molar-refractivity contribution in [1.82, 2.24) is 0 Å². The molecule has 4 nitrogen and oxygen atoms in total. The van der Waals surface area contributed by atoms with Crippen LogP contribution in [0.15, 0.2) is 24.3 Å². The number of ether oxygens (including phenoxy) is 1. The SMILES string of the molecule is CC(N)CCCC(C)C(=O)N1CCCOc2ccccc21. The van der Waals surface area contributed by atoms with Crippen LogP contribution in [0.3, 0.4) is 0 Å². The first-order valence-electron chi connectivity index (χ1n) is 7.88. The van der Waals surface area contributed by atoms with E-state index in [1.54, 1.807) is 0 Å². The third kappa shape index (κ3) is 4.21. The van der Waals surface area contributed by atoms with Gasteiger partial charge in [0.2, 0.25) is 5.91 Å². The minimum absolute atomic E-state index is 0.0231. The van der Waals surface area contributed by atoms with E-state index in [1.807, 2.05) is 43.0 Å². The van der Waals surface area contributed by atoms with Crippen LogP contribution in [0.1, 0.15) is 39.5 Å². The molecular formula is C17H26N2O2. The van der Waals surface area contributed by atoms with Gasteiger partial charge in [-0.05, 0) is 38.3 Å². The normalized spacial score (nSPS) is 17.4. The average molecular weight is 290 g/mol. The Morgan fingerprint density at radius 1 is 1.33 bits per heavy atom. The van der Waals surface area contributed by atoms with Crippen molar-refractivity contribution in [1.29, 1.82) is 0 Å². The first kappa shape index (κ1) is 15.8. The number of nitrogens with zero attached hydrogens (tertiary/aromatic N) is 1. The van der Waals surface area contributed by atoms with Crippen LogP contribution >= 0.6 is 0 Å². The largest absolute Gasteiger partial charge is 0.491 e. The van der Waals surface area contributed by atoms with E-state index in [0.717, 1.165) is 43.7 Å². The summed E-state index contributed by atoms with van der Waals surface area (Å²) in [5, 5.41) is 0. The second kappa shape index (κ2) is 7.46. The fraction of sp³-hybridized carbons (Fsp3) is 0.588. The molecule has 0 aromatic heterocycles. The zero-order valence-corrected chi connectivity index (χ0v) is 13.0. The fourth-order valence-corrected chi connectivity index (χ4v) is 2.69. The molecule has 1 aliphatic heterocycles. The maximum atomic E-state index is 12.7. The molecule has 1 aliphatic rings. The summed E-state index contributed by atoms with van der Waals surface area (Å²) in [5.74, 6) is 1.03. The average Bonchev–Trinajstić information content (AvgIpc) is 2.68. The third-order valence-electron chi connectivity index (χ3n) is 3.92. The van der Waals surface area contributed by atoms with Gasteiger partial charge < -0.3 is 15.4 Å². The number of para-hydroxylation sites is 2. The van der Waals surface area contributed by atoms with E-state index in [4.69, 9.17) is 10.5 Å².